The number of carbonyl (C=O) groups excluding carboxylic acids is 1. The van der Waals surface area contributed by atoms with E-state index >= 15 is 0 Å². The number of carbonyl (C=O) groups is 1. The Balaban J connectivity index is 2.75. The highest BCUT2D eigenvalue weighted by molar-refractivity contribution is 5.81. The summed E-state index contributed by atoms with van der Waals surface area (Å²) in [5.74, 6) is 0.209. The number of hydrogen-bond donors (Lipinski definition) is 1. The van der Waals surface area contributed by atoms with Crippen molar-refractivity contribution >= 4 is 5.78 Å². The molecule has 3 nitrogen and oxygen atoms in total. The van der Waals surface area contributed by atoms with Crippen LogP contribution in [0.4, 0.5) is 0 Å². The number of hydrogen-bond acceptors (Lipinski definition) is 3. The lowest BCUT2D eigenvalue weighted by molar-refractivity contribution is -0.126. The van der Waals surface area contributed by atoms with Gasteiger partial charge in [-0.05, 0) is 18.6 Å². The van der Waals surface area contributed by atoms with Gasteiger partial charge in [0.1, 0.15) is 17.6 Å². The third-order valence-corrected chi connectivity index (χ3v) is 2.42. The van der Waals surface area contributed by atoms with Crippen molar-refractivity contribution in [2.24, 2.45) is 5.92 Å². The van der Waals surface area contributed by atoms with Crippen LogP contribution in [0.25, 0.3) is 0 Å². The number of ketones is 1. The fourth-order valence-electron chi connectivity index (χ4n) is 1.55. The highest BCUT2D eigenvalue weighted by Crippen LogP contribution is 2.26. The van der Waals surface area contributed by atoms with Crippen molar-refractivity contribution in [2.75, 3.05) is 0 Å². The maximum absolute atomic E-state index is 11.5. The number of furan rings is 1. The molecule has 0 fully saturated rings. The molecular weight excluding hydrogens is 180 g/mol. The summed E-state index contributed by atoms with van der Waals surface area (Å²) in [5.41, 5.74) is 0. The Hall–Kier alpha value is -1.09. The van der Waals surface area contributed by atoms with E-state index in [1.807, 2.05) is 6.92 Å². The summed E-state index contributed by atoms with van der Waals surface area (Å²) in [6, 6.07) is 3.40. The molecular formula is C11H16O3. The maximum Gasteiger partial charge on any atom is 0.138 e. The average Bonchev–Trinajstić information content (AvgIpc) is 2.71. The fraction of sp³-hybridized carbons (Fsp3) is 0.545. The molecule has 2 atom stereocenters. The minimum Gasteiger partial charge on any atom is -0.467 e. The van der Waals surface area contributed by atoms with Gasteiger partial charge in [-0.1, -0.05) is 13.8 Å². The maximum atomic E-state index is 11.5. The molecule has 1 aromatic heterocycles. The molecule has 0 amide bonds. The zero-order valence-corrected chi connectivity index (χ0v) is 8.56. The number of aliphatic hydroxyl groups is 1. The molecule has 78 valence electrons. The second-order valence-electron chi connectivity index (χ2n) is 3.29. The van der Waals surface area contributed by atoms with E-state index < -0.39 is 6.10 Å². The molecule has 0 bridgehead atoms. The first kappa shape index (κ1) is 11.0. The minimum absolute atomic E-state index is 0.0800. The molecule has 0 aliphatic heterocycles. The Bertz CT molecular complexity index is 277. The predicted octanol–water partition coefficient (Wildman–Crippen LogP) is 2.32. The van der Waals surface area contributed by atoms with E-state index in [2.05, 4.69) is 0 Å². The third-order valence-electron chi connectivity index (χ3n) is 2.42. The summed E-state index contributed by atoms with van der Waals surface area (Å²) < 4.78 is 5.07. The summed E-state index contributed by atoms with van der Waals surface area (Å²) in [5, 5.41) is 9.86. The lowest BCUT2D eigenvalue weighted by Gasteiger charge is -2.17. The molecule has 0 unspecified atom stereocenters. The molecule has 1 aromatic rings. The first-order chi connectivity index (χ1) is 6.70. The smallest absolute Gasteiger partial charge is 0.138 e. The number of Topliss-reactive ketones (excluding diaryl/α,β-unsaturated/α-hetero) is 1. The van der Waals surface area contributed by atoms with Gasteiger partial charge in [0.05, 0.1) is 12.2 Å². The summed E-state index contributed by atoms with van der Waals surface area (Å²) in [4.78, 5) is 11.5. The molecule has 3 heteroatoms. The predicted molar refractivity (Wildman–Crippen MR) is 52.7 cm³/mol. The van der Waals surface area contributed by atoms with E-state index in [1.165, 1.54) is 6.26 Å². The van der Waals surface area contributed by atoms with Crippen LogP contribution in [0.5, 0.6) is 0 Å². The lowest BCUT2D eigenvalue weighted by Crippen LogP contribution is -2.20. The van der Waals surface area contributed by atoms with Crippen LogP contribution in [0.3, 0.4) is 0 Å². The summed E-state index contributed by atoms with van der Waals surface area (Å²) in [6.07, 6.45) is 1.79. The molecule has 1 rings (SSSR count). The van der Waals surface area contributed by atoms with E-state index in [9.17, 15) is 9.90 Å². The quantitative estimate of drug-likeness (QED) is 0.786. The summed E-state index contributed by atoms with van der Waals surface area (Å²) in [7, 11) is 0. The second-order valence-corrected chi connectivity index (χ2v) is 3.29. The molecule has 0 saturated heterocycles. The molecule has 0 saturated carbocycles. The van der Waals surface area contributed by atoms with Crippen molar-refractivity contribution in [1.82, 2.24) is 0 Å². The van der Waals surface area contributed by atoms with Crippen molar-refractivity contribution in [3.63, 3.8) is 0 Å². The van der Waals surface area contributed by atoms with Crippen LogP contribution < -0.4 is 0 Å². The zero-order chi connectivity index (χ0) is 10.6. The van der Waals surface area contributed by atoms with Gasteiger partial charge in [0, 0.05) is 6.42 Å². The Morgan fingerprint density at radius 2 is 2.29 bits per heavy atom. The Morgan fingerprint density at radius 1 is 1.57 bits per heavy atom. The van der Waals surface area contributed by atoms with E-state index in [1.54, 1.807) is 19.1 Å². The van der Waals surface area contributed by atoms with E-state index in [4.69, 9.17) is 4.42 Å². The largest absolute Gasteiger partial charge is 0.467 e. The second kappa shape index (κ2) is 4.96. The SMILES string of the molecule is CCC(=O)[C@@H](CC)[C@H](O)c1ccco1. The Labute approximate surface area is 83.7 Å². The van der Waals surface area contributed by atoms with Gasteiger partial charge in [0.2, 0.25) is 0 Å². The van der Waals surface area contributed by atoms with Gasteiger partial charge >= 0.3 is 0 Å². The van der Waals surface area contributed by atoms with Gasteiger partial charge in [-0.3, -0.25) is 4.79 Å². The highest BCUT2D eigenvalue weighted by Gasteiger charge is 2.26. The monoisotopic (exact) mass is 196 g/mol. The van der Waals surface area contributed by atoms with Crippen molar-refractivity contribution < 1.29 is 14.3 Å². The van der Waals surface area contributed by atoms with Crippen molar-refractivity contribution in [3.8, 4) is 0 Å². The Kier molecular flexibility index (Phi) is 3.89. The van der Waals surface area contributed by atoms with E-state index in [0.717, 1.165) is 0 Å². The topological polar surface area (TPSA) is 50.4 Å². The van der Waals surface area contributed by atoms with Crippen molar-refractivity contribution in [3.05, 3.63) is 24.2 Å². The van der Waals surface area contributed by atoms with Crippen molar-refractivity contribution in [1.29, 1.82) is 0 Å². The van der Waals surface area contributed by atoms with Gasteiger partial charge in [0.25, 0.3) is 0 Å². The summed E-state index contributed by atoms with van der Waals surface area (Å²) in [6.45, 7) is 3.70. The van der Waals surface area contributed by atoms with Crippen LogP contribution in [0.2, 0.25) is 0 Å². The minimum atomic E-state index is -0.803. The average molecular weight is 196 g/mol. The standard InChI is InChI=1S/C11H16O3/c1-3-8(9(12)4-2)11(13)10-6-5-7-14-10/h5-8,11,13H,3-4H2,1-2H3/t8-,11+/m1/s1. The fourth-order valence-corrected chi connectivity index (χ4v) is 1.55. The summed E-state index contributed by atoms with van der Waals surface area (Å²) >= 11 is 0. The van der Waals surface area contributed by atoms with Crippen molar-refractivity contribution in [2.45, 2.75) is 32.8 Å². The highest BCUT2D eigenvalue weighted by atomic mass is 16.4. The molecule has 1 N–H and O–H groups in total. The molecule has 0 aliphatic rings. The number of rotatable bonds is 5. The van der Waals surface area contributed by atoms with Crippen LogP contribution in [0, 0.1) is 5.92 Å². The van der Waals surface area contributed by atoms with Crippen LogP contribution in [-0.2, 0) is 4.79 Å². The molecule has 0 radical (unpaired) electrons. The molecule has 14 heavy (non-hydrogen) atoms. The van der Waals surface area contributed by atoms with Crippen LogP contribution in [0.1, 0.15) is 38.6 Å². The molecule has 0 aromatic carbocycles. The van der Waals surface area contributed by atoms with Gasteiger partial charge in [-0.15, -0.1) is 0 Å². The van der Waals surface area contributed by atoms with Gasteiger partial charge in [0.15, 0.2) is 0 Å². The van der Waals surface area contributed by atoms with Crippen LogP contribution in [0.15, 0.2) is 22.8 Å². The van der Waals surface area contributed by atoms with Gasteiger partial charge < -0.3 is 9.52 Å². The normalized spacial score (nSPS) is 15.1. The van der Waals surface area contributed by atoms with Gasteiger partial charge in [-0.2, -0.15) is 0 Å². The van der Waals surface area contributed by atoms with E-state index in [0.29, 0.717) is 18.6 Å². The Morgan fingerprint density at radius 3 is 2.71 bits per heavy atom. The molecule has 1 heterocycles. The first-order valence-electron chi connectivity index (χ1n) is 4.94. The molecule has 0 aliphatic carbocycles. The van der Waals surface area contributed by atoms with Crippen LogP contribution >= 0.6 is 0 Å². The van der Waals surface area contributed by atoms with Gasteiger partial charge in [-0.25, -0.2) is 0 Å². The zero-order valence-electron chi connectivity index (χ0n) is 8.56. The lowest BCUT2D eigenvalue weighted by atomic mass is 9.92. The number of aliphatic hydroxyl groups excluding tert-OH is 1. The van der Waals surface area contributed by atoms with E-state index in [-0.39, 0.29) is 11.7 Å². The molecule has 0 spiro atoms. The first-order valence-corrected chi connectivity index (χ1v) is 4.94. The third kappa shape index (κ3) is 2.23. The van der Waals surface area contributed by atoms with Crippen LogP contribution in [-0.4, -0.2) is 10.9 Å².